The molecule has 6 nitrogen and oxygen atoms in total. The van der Waals surface area contributed by atoms with Crippen LogP contribution in [-0.2, 0) is 10.0 Å². The van der Waals surface area contributed by atoms with Crippen molar-refractivity contribution in [3.63, 3.8) is 0 Å². The molecule has 1 heterocycles. The molecule has 1 N–H and O–H groups in total. The third-order valence-corrected chi connectivity index (χ3v) is 4.14. The van der Waals surface area contributed by atoms with Crippen LogP contribution in [0.25, 0.3) is 0 Å². The van der Waals surface area contributed by atoms with Crippen molar-refractivity contribution >= 4 is 31.8 Å². The Morgan fingerprint density at radius 2 is 2.11 bits per heavy atom. The summed E-state index contributed by atoms with van der Waals surface area (Å²) in [5, 5.41) is 3.61. The Bertz CT molecular complexity index is 696. The molecule has 8 heteroatoms. The van der Waals surface area contributed by atoms with Gasteiger partial charge in [-0.25, -0.2) is 13.1 Å². The Hall–Kier alpha value is -1.54. The summed E-state index contributed by atoms with van der Waals surface area (Å²) in [5.74, 6) is 0.298. The molecule has 2 rings (SSSR count). The van der Waals surface area contributed by atoms with Gasteiger partial charge in [0.2, 0.25) is 5.88 Å². The standard InChI is InChI=1S/C11H11BrN2O4S/c1-7-5-11(18-13-7)14-19(15,16)10-6-8(12)3-4-9(10)17-2/h3-6,14H,1-2H3. The normalized spacial score (nSPS) is 11.3. The van der Waals surface area contributed by atoms with Crippen molar-refractivity contribution in [1.29, 1.82) is 0 Å². The highest BCUT2D eigenvalue weighted by Gasteiger charge is 2.21. The number of sulfonamides is 1. The van der Waals surface area contributed by atoms with Crippen molar-refractivity contribution in [3.8, 4) is 5.75 Å². The minimum Gasteiger partial charge on any atom is -0.495 e. The molecule has 1 aromatic heterocycles. The van der Waals surface area contributed by atoms with Gasteiger partial charge in [0, 0.05) is 10.5 Å². The van der Waals surface area contributed by atoms with E-state index in [9.17, 15) is 8.42 Å². The number of benzene rings is 1. The largest absolute Gasteiger partial charge is 0.495 e. The van der Waals surface area contributed by atoms with Crippen LogP contribution in [0.15, 0.2) is 38.2 Å². The van der Waals surface area contributed by atoms with E-state index in [4.69, 9.17) is 9.26 Å². The predicted molar refractivity (Wildman–Crippen MR) is 72.7 cm³/mol. The van der Waals surface area contributed by atoms with E-state index in [1.165, 1.54) is 19.2 Å². The van der Waals surface area contributed by atoms with E-state index in [0.717, 1.165) is 0 Å². The number of hydrogen-bond acceptors (Lipinski definition) is 5. The van der Waals surface area contributed by atoms with Gasteiger partial charge in [0.1, 0.15) is 10.6 Å². The number of ether oxygens (including phenoxy) is 1. The Labute approximate surface area is 118 Å². The monoisotopic (exact) mass is 346 g/mol. The van der Waals surface area contributed by atoms with Gasteiger partial charge in [-0.15, -0.1) is 0 Å². The first-order valence-corrected chi connectivity index (χ1v) is 7.49. The highest BCUT2D eigenvalue weighted by atomic mass is 79.9. The van der Waals surface area contributed by atoms with Crippen molar-refractivity contribution in [3.05, 3.63) is 34.4 Å². The summed E-state index contributed by atoms with van der Waals surface area (Å²) in [6.45, 7) is 1.70. The minimum absolute atomic E-state index is 0.0124. The number of nitrogens with one attached hydrogen (secondary N) is 1. The van der Waals surface area contributed by atoms with E-state index >= 15 is 0 Å². The molecule has 0 atom stereocenters. The van der Waals surface area contributed by atoms with E-state index in [1.54, 1.807) is 19.1 Å². The van der Waals surface area contributed by atoms with Gasteiger partial charge in [-0.1, -0.05) is 21.1 Å². The van der Waals surface area contributed by atoms with Gasteiger partial charge in [-0.2, -0.15) is 0 Å². The molecule has 102 valence electrons. The number of anilines is 1. The van der Waals surface area contributed by atoms with Gasteiger partial charge in [-0.05, 0) is 25.1 Å². The Morgan fingerprint density at radius 3 is 2.68 bits per heavy atom. The maximum Gasteiger partial charge on any atom is 0.267 e. The molecule has 0 saturated carbocycles. The fourth-order valence-electron chi connectivity index (χ4n) is 1.46. The zero-order valence-corrected chi connectivity index (χ0v) is 12.6. The number of aryl methyl sites for hydroxylation is 1. The number of hydrogen-bond donors (Lipinski definition) is 1. The Morgan fingerprint density at radius 1 is 1.37 bits per heavy atom. The summed E-state index contributed by atoms with van der Waals surface area (Å²) in [6, 6.07) is 6.19. The molecule has 0 radical (unpaired) electrons. The lowest BCUT2D eigenvalue weighted by Gasteiger charge is -2.09. The van der Waals surface area contributed by atoms with Crippen molar-refractivity contribution in [2.45, 2.75) is 11.8 Å². The summed E-state index contributed by atoms with van der Waals surface area (Å²) < 4.78 is 37.3. The SMILES string of the molecule is COc1ccc(Br)cc1S(=O)(=O)Nc1cc(C)no1. The first-order valence-electron chi connectivity index (χ1n) is 5.22. The molecular weight excluding hydrogens is 336 g/mol. The first-order chi connectivity index (χ1) is 8.92. The number of nitrogens with zero attached hydrogens (tertiary/aromatic N) is 1. The molecule has 0 aliphatic carbocycles. The molecule has 0 unspecified atom stereocenters. The average molecular weight is 347 g/mol. The maximum absolute atomic E-state index is 12.2. The lowest BCUT2D eigenvalue weighted by molar-refractivity contribution is 0.402. The van der Waals surface area contributed by atoms with Crippen LogP contribution in [0.4, 0.5) is 5.88 Å². The quantitative estimate of drug-likeness (QED) is 0.919. The Kier molecular flexibility index (Phi) is 3.81. The number of methoxy groups -OCH3 is 1. The molecule has 0 aliphatic rings. The lowest BCUT2D eigenvalue weighted by Crippen LogP contribution is -2.13. The van der Waals surface area contributed by atoms with Crippen LogP contribution in [-0.4, -0.2) is 20.7 Å². The maximum atomic E-state index is 12.2. The molecule has 19 heavy (non-hydrogen) atoms. The zero-order chi connectivity index (χ0) is 14.0. The summed E-state index contributed by atoms with van der Waals surface area (Å²) in [5.41, 5.74) is 0.582. The fraction of sp³-hybridized carbons (Fsp3) is 0.182. The fourth-order valence-corrected chi connectivity index (χ4v) is 3.14. The first kappa shape index (κ1) is 13.9. The minimum atomic E-state index is -3.80. The summed E-state index contributed by atoms with van der Waals surface area (Å²) in [6.07, 6.45) is 0. The van der Waals surface area contributed by atoms with E-state index in [2.05, 4.69) is 25.8 Å². The number of rotatable bonds is 4. The Balaban J connectivity index is 2.41. The second-order valence-electron chi connectivity index (χ2n) is 3.73. The molecule has 0 amide bonds. The molecule has 0 aliphatic heterocycles. The number of halogens is 1. The van der Waals surface area contributed by atoms with Crippen LogP contribution in [0.5, 0.6) is 5.75 Å². The van der Waals surface area contributed by atoms with Crippen LogP contribution >= 0.6 is 15.9 Å². The van der Waals surface area contributed by atoms with E-state index < -0.39 is 10.0 Å². The predicted octanol–water partition coefficient (Wildman–Crippen LogP) is 2.55. The molecule has 1 aromatic carbocycles. The van der Waals surface area contributed by atoms with E-state index in [1.807, 2.05) is 0 Å². The third-order valence-electron chi connectivity index (χ3n) is 2.28. The molecule has 2 aromatic rings. The number of aromatic nitrogens is 1. The lowest BCUT2D eigenvalue weighted by atomic mass is 10.3. The van der Waals surface area contributed by atoms with E-state index in [-0.39, 0.29) is 16.5 Å². The summed E-state index contributed by atoms with van der Waals surface area (Å²) in [7, 11) is -2.40. The van der Waals surface area contributed by atoms with Crippen molar-refractivity contribution < 1.29 is 17.7 Å². The molecule has 0 spiro atoms. The molecule has 0 fully saturated rings. The van der Waals surface area contributed by atoms with Gasteiger partial charge in [-0.3, -0.25) is 0 Å². The summed E-state index contributed by atoms with van der Waals surface area (Å²) >= 11 is 3.22. The van der Waals surface area contributed by atoms with Gasteiger partial charge in [0.25, 0.3) is 10.0 Å². The van der Waals surface area contributed by atoms with Crippen LogP contribution < -0.4 is 9.46 Å². The van der Waals surface area contributed by atoms with Crippen molar-refractivity contribution in [1.82, 2.24) is 5.16 Å². The van der Waals surface area contributed by atoms with Crippen molar-refractivity contribution in [2.75, 3.05) is 11.8 Å². The van der Waals surface area contributed by atoms with Gasteiger partial charge in [0.05, 0.1) is 12.8 Å². The highest BCUT2D eigenvalue weighted by Crippen LogP contribution is 2.28. The average Bonchev–Trinajstić information content (AvgIpc) is 2.74. The highest BCUT2D eigenvalue weighted by molar-refractivity contribution is 9.10. The van der Waals surface area contributed by atoms with Crippen LogP contribution in [0.1, 0.15) is 5.69 Å². The second-order valence-corrected chi connectivity index (χ2v) is 6.30. The van der Waals surface area contributed by atoms with Crippen LogP contribution in [0.2, 0.25) is 0 Å². The van der Waals surface area contributed by atoms with Crippen molar-refractivity contribution in [2.24, 2.45) is 0 Å². The smallest absolute Gasteiger partial charge is 0.267 e. The zero-order valence-electron chi connectivity index (χ0n) is 10.2. The second kappa shape index (κ2) is 5.22. The molecule has 0 saturated heterocycles. The third kappa shape index (κ3) is 3.07. The molecular formula is C11H11BrN2O4S. The van der Waals surface area contributed by atoms with E-state index in [0.29, 0.717) is 10.2 Å². The molecule has 0 bridgehead atoms. The van der Waals surface area contributed by atoms with Gasteiger partial charge in [0.15, 0.2) is 0 Å². The topological polar surface area (TPSA) is 81.4 Å². The van der Waals surface area contributed by atoms with Crippen LogP contribution in [0, 0.1) is 6.92 Å². The van der Waals surface area contributed by atoms with Crippen LogP contribution in [0.3, 0.4) is 0 Å². The van der Waals surface area contributed by atoms with Gasteiger partial charge >= 0.3 is 0 Å². The van der Waals surface area contributed by atoms with Gasteiger partial charge < -0.3 is 9.26 Å². The summed E-state index contributed by atoms with van der Waals surface area (Å²) in [4.78, 5) is 0.0124.